The molecule has 0 bridgehead atoms. The lowest BCUT2D eigenvalue weighted by Crippen LogP contribution is -2.30. The van der Waals surface area contributed by atoms with Crippen LogP contribution >= 0.6 is 15.6 Å². The van der Waals surface area contributed by atoms with Crippen molar-refractivity contribution in [3.63, 3.8) is 0 Å². The first-order chi connectivity index (χ1) is 50.6. The summed E-state index contributed by atoms with van der Waals surface area (Å²) in [5, 5.41) is 10.7. The molecule has 0 saturated heterocycles. The Balaban J connectivity index is 5.19. The SMILES string of the molecule is CCCCCCCCCCCCCCCCCCCCCC(=O)OC[C@H](COP(=O)(O)OC[C@@H](O)COP(=O)(O)OC[C@@H](COC(=O)CCCCCCCCCC)OC(=O)CCCCCCCCCCCCCCCCC(C)CC)OC(=O)CCCCCCCCCCCCCCCCCCCCC. The first-order valence-corrected chi connectivity index (χ1v) is 47.2. The number of unbranched alkanes of at least 4 members (excludes halogenated alkanes) is 56. The third-order valence-electron chi connectivity index (χ3n) is 20.4. The second kappa shape index (κ2) is 77.8. The lowest BCUT2D eigenvalue weighted by atomic mass is 9.99. The van der Waals surface area contributed by atoms with Crippen LogP contribution in [-0.2, 0) is 65.4 Å². The van der Waals surface area contributed by atoms with Gasteiger partial charge in [-0.1, -0.05) is 407 Å². The number of carbonyl (C=O) groups is 4. The fourth-order valence-corrected chi connectivity index (χ4v) is 14.8. The van der Waals surface area contributed by atoms with Gasteiger partial charge in [0.2, 0.25) is 0 Å². The molecule has 3 unspecified atom stereocenters. The Hall–Kier alpha value is -1.94. The van der Waals surface area contributed by atoms with Crippen molar-refractivity contribution in [2.45, 2.75) is 477 Å². The van der Waals surface area contributed by atoms with E-state index in [1.165, 1.54) is 276 Å². The molecule has 0 aliphatic heterocycles. The molecule has 0 heterocycles. The molecule has 6 atom stereocenters. The van der Waals surface area contributed by atoms with Crippen molar-refractivity contribution >= 4 is 39.5 Å². The Morgan fingerprint density at radius 2 is 0.462 bits per heavy atom. The number of phosphoric acid groups is 2. The van der Waals surface area contributed by atoms with Gasteiger partial charge in [-0.3, -0.25) is 37.3 Å². The van der Waals surface area contributed by atoms with Crippen molar-refractivity contribution < 1.29 is 80.2 Å². The quantitative estimate of drug-likeness (QED) is 0.0222. The molecule has 0 aromatic heterocycles. The molecule has 0 spiro atoms. The second-order valence-corrected chi connectivity index (χ2v) is 33.7. The number of carbonyl (C=O) groups excluding carboxylic acids is 4. The van der Waals surface area contributed by atoms with E-state index in [9.17, 15) is 43.2 Å². The molecule has 3 N–H and O–H groups in total. The zero-order chi connectivity index (χ0) is 76.2. The summed E-state index contributed by atoms with van der Waals surface area (Å²) in [5.41, 5.74) is 0. The Bertz CT molecular complexity index is 1980. The monoisotopic (exact) mass is 1520 g/mol. The minimum Gasteiger partial charge on any atom is -0.462 e. The van der Waals surface area contributed by atoms with Crippen molar-refractivity contribution in [1.29, 1.82) is 0 Å². The molecule has 0 aliphatic carbocycles. The smallest absolute Gasteiger partial charge is 0.462 e. The van der Waals surface area contributed by atoms with Crippen LogP contribution in [-0.4, -0.2) is 96.7 Å². The zero-order valence-electron chi connectivity index (χ0n) is 68.2. The first kappa shape index (κ1) is 102. The van der Waals surface area contributed by atoms with Crippen LogP contribution in [0.4, 0.5) is 0 Å². The van der Waals surface area contributed by atoms with E-state index in [0.29, 0.717) is 25.7 Å². The number of phosphoric ester groups is 2. The normalized spacial score (nSPS) is 14.0. The van der Waals surface area contributed by atoms with E-state index in [1.807, 2.05) is 0 Å². The number of rotatable bonds is 85. The van der Waals surface area contributed by atoms with E-state index < -0.39 is 97.5 Å². The van der Waals surface area contributed by atoms with Crippen LogP contribution in [0.3, 0.4) is 0 Å². The van der Waals surface area contributed by atoms with E-state index in [4.69, 9.17) is 37.0 Å². The fourth-order valence-electron chi connectivity index (χ4n) is 13.3. The Morgan fingerprint density at radius 1 is 0.269 bits per heavy atom. The number of hydrogen-bond donors (Lipinski definition) is 3. The lowest BCUT2D eigenvalue weighted by Gasteiger charge is -2.21. The summed E-state index contributed by atoms with van der Waals surface area (Å²) < 4.78 is 68.8. The van der Waals surface area contributed by atoms with Crippen molar-refractivity contribution in [3.8, 4) is 0 Å². The molecule has 0 aromatic rings. The van der Waals surface area contributed by atoms with E-state index in [-0.39, 0.29) is 25.7 Å². The average Bonchev–Trinajstić information content (AvgIpc) is 0.909. The Morgan fingerprint density at radius 3 is 0.683 bits per heavy atom. The van der Waals surface area contributed by atoms with Gasteiger partial charge in [-0.25, -0.2) is 9.13 Å². The highest BCUT2D eigenvalue weighted by Gasteiger charge is 2.30. The van der Waals surface area contributed by atoms with Gasteiger partial charge in [0.15, 0.2) is 12.2 Å². The summed E-state index contributed by atoms with van der Waals surface area (Å²) in [6, 6.07) is 0. The van der Waals surface area contributed by atoms with Crippen molar-refractivity contribution in [3.05, 3.63) is 0 Å². The van der Waals surface area contributed by atoms with Gasteiger partial charge in [0.1, 0.15) is 19.3 Å². The summed E-state index contributed by atoms with van der Waals surface area (Å²) >= 11 is 0. The maximum absolute atomic E-state index is 13.1. The predicted octanol–water partition coefficient (Wildman–Crippen LogP) is 26.0. The summed E-state index contributed by atoms with van der Waals surface area (Å²) in [6.45, 7) is 7.38. The maximum Gasteiger partial charge on any atom is 0.472 e. The molecule has 19 heteroatoms. The molecule has 0 radical (unpaired) electrons. The lowest BCUT2D eigenvalue weighted by molar-refractivity contribution is -0.161. The predicted molar refractivity (Wildman–Crippen MR) is 428 cm³/mol. The Kier molecular flexibility index (Phi) is 76.3. The molecular formula is C85H166O17P2. The summed E-state index contributed by atoms with van der Waals surface area (Å²) in [5.74, 6) is -1.26. The Labute approximate surface area is 638 Å². The van der Waals surface area contributed by atoms with E-state index in [0.717, 1.165) is 102 Å². The molecule has 618 valence electrons. The third-order valence-corrected chi connectivity index (χ3v) is 22.3. The van der Waals surface area contributed by atoms with Crippen molar-refractivity contribution in [2.75, 3.05) is 39.6 Å². The van der Waals surface area contributed by atoms with Gasteiger partial charge in [0.25, 0.3) is 0 Å². The number of esters is 4. The standard InChI is InChI=1S/C85H166O17P2/c1-6-10-13-16-19-22-24-26-28-30-32-34-36-41-45-49-54-59-64-69-83(88)96-75-81(102-85(90)70-65-60-55-50-46-42-37-35-33-31-29-27-25-23-20-17-14-11-7-2)77-100-104(93,94)98-73-79(86)72-97-103(91,92)99-76-80(74-95-82(87)68-63-58-53-21-18-15-12-8-3)101-84(89)71-66-61-56-51-47-43-39-38-40-44-48-52-57-62-67-78(5)9-4/h78-81,86H,6-77H2,1-5H3,(H,91,92)(H,93,94)/t78?,79-,80+,81+/m0/s1. The van der Waals surface area contributed by atoms with Crippen LogP contribution in [0.1, 0.15) is 458 Å². The van der Waals surface area contributed by atoms with E-state index in [2.05, 4.69) is 34.6 Å². The average molecular weight is 1520 g/mol. The van der Waals surface area contributed by atoms with Gasteiger partial charge in [0.05, 0.1) is 26.4 Å². The summed E-state index contributed by atoms with van der Waals surface area (Å²) in [4.78, 5) is 73.1. The highest BCUT2D eigenvalue weighted by molar-refractivity contribution is 7.47. The molecule has 104 heavy (non-hydrogen) atoms. The van der Waals surface area contributed by atoms with Crippen molar-refractivity contribution in [1.82, 2.24) is 0 Å². The minimum atomic E-state index is -4.96. The first-order valence-electron chi connectivity index (χ1n) is 44.2. The molecule has 17 nitrogen and oxygen atoms in total. The highest BCUT2D eigenvalue weighted by atomic mass is 31.2. The maximum atomic E-state index is 13.1. The topological polar surface area (TPSA) is 237 Å². The van der Waals surface area contributed by atoms with Gasteiger partial charge in [-0.15, -0.1) is 0 Å². The van der Waals surface area contributed by atoms with Gasteiger partial charge in [-0.05, 0) is 31.6 Å². The van der Waals surface area contributed by atoms with Crippen LogP contribution in [0.5, 0.6) is 0 Å². The highest BCUT2D eigenvalue weighted by Crippen LogP contribution is 2.45. The van der Waals surface area contributed by atoms with E-state index in [1.54, 1.807) is 0 Å². The number of ether oxygens (including phenoxy) is 4. The molecule has 0 aliphatic rings. The summed E-state index contributed by atoms with van der Waals surface area (Å²) in [6.07, 6.45) is 70.9. The second-order valence-electron chi connectivity index (χ2n) is 30.8. The van der Waals surface area contributed by atoms with Crippen molar-refractivity contribution in [2.24, 2.45) is 5.92 Å². The minimum absolute atomic E-state index is 0.108. The van der Waals surface area contributed by atoms with Gasteiger partial charge in [0, 0.05) is 25.7 Å². The summed E-state index contributed by atoms with van der Waals surface area (Å²) in [7, 11) is -9.92. The molecule has 0 amide bonds. The molecule has 0 saturated carbocycles. The van der Waals surface area contributed by atoms with Gasteiger partial charge < -0.3 is 33.8 Å². The molecular weight excluding hydrogens is 1350 g/mol. The largest absolute Gasteiger partial charge is 0.472 e. The van der Waals surface area contributed by atoms with Gasteiger partial charge >= 0.3 is 39.5 Å². The van der Waals surface area contributed by atoms with Crippen LogP contribution in [0, 0.1) is 5.92 Å². The third kappa shape index (κ3) is 76.8. The van der Waals surface area contributed by atoms with Crippen LogP contribution in [0.2, 0.25) is 0 Å². The number of aliphatic hydroxyl groups excluding tert-OH is 1. The zero-order valence-corrected chi connectivity index (χ0v) is 70.0. The van der Waals surface area contributed by atoms with E-state index >= 15 is 0 Å². The van der Waals surface area contributed by atoms with Gasteiger partial charge in [-0.2, -0.15) is 0 Å². The molecule has 0 fully saturated rings. The number of hydrogen-bond acceptors (Lipinski definition) is 15. The molecule has 0 aromatic carbocycles. The van der Waals surface area contributed by atoms with Crippen LogP contribution in [0.25, 0.3) is 0 Å². The molecule has 0 rings (SSSR count). The van der Waals surface area contributed by atoms with Crippen LogP contribution in [0.15, 0.2) is 0 Å². The number of aliphatic hydroxyl groups is 1. The fraction of sp³-hybridized carbons (Fsp3) is 0.953. The van der Waals surface area contributed by atoms with Crippen LogP contribution < -0.4 is 0 Å².